The first kappa shape index (κ1) is 17.7. The SMILES string of the molecule is CC1=Nc2ccc3ccc(CNc4ccc(C(=O)O)c(F)c4)cc3c2C(=O)[N]1. The smallest absolute Gasteiger partial charge is 0.338 e. The number of benzene rings is 3. The van der Waals surface area contributed by atoms with Crippen molar-refractivity contribution < 1.29 is 19.1 Å². The molecule has 2 N–H and O–H groups in total. The summed E-state index contributed by atoms with van der Waals surface area (Å²) in [6.07, 6.45) is 0. The Morgan fingerprint density at radius 1 is 1.14 bits per heavy atom. The lowest BCUT2D eigenvalue weighted by Crippen LogP contribution is -2.24. The van der Waals surface area contributed by atoms with Gasteiger partial charge in [0.1, 0.15) is 11.7 Å². The second-order valence-corrected chi connectivity index (χ2v) is 6.44. The monoisotopic (exact) mass is 376 g/mol. The van der Waals surface area contributed by atoms with Gasteiger partial charge >= 0.3 is 5.97 Å². The van der Waals surface area contributed by atoms with Gasteiger partial charge in [-0.2, -0.15) is 5.32 Å². The summed E-state index contributed by atoms with van der Waals surface area (Å²) in [6.45, 7) is 2.05. The van der Waals surface area contributed by atoms with E-state index in [2.05, 4.69) is 15.6 Å². The van der Waals surface area contributed by atoms with Crippen LogP contribution in [-0.4, -0.2) is 22.8 Å². The van der Waals surface area contributed by atoms with Crippen LogP contribution >= 0.6 is 0 Å². The van der Waals surface area contributed by atoms with Gasteiger partial charge in [-0.05, 0) is 53.6 Å². The zero-order valence-corrected chi connectivity index (χ0v) is 14.9. The fourth-order valence-electron chi connectivity index (χ4n) is 3.19. The standard InChI is InChI=1S/C21H15FN3O3/c1-11-24-18-7-4-13-3-2-12(8-16(13)19(18)20(26)25-11)10-23-14-5-6-15(21(27)28)17(22)9-14/h2-9,23H,10H2,1H3,(H,27,28). The first-order valence-electron chi connectivity index (χ1n) is 8.56. The molecule has 1 amide bonds. The predicted molar refractivity (Wildman–Crippen MR) is 104 cm³/mol. The van der Waals surface area contributed by atoms with Gasteiger partial charge in [-0.25, -0.2) is 14.2 Å². The molecule has 0 spiro atoms. The minimum atomic E-state index is -1.31. The van der Waals surface area contributed by atoms with E-state index in [9.17, 15) is 14.0 Å². The molecule has 1 heterocycles. The molecule has 0 saturated carbocycles. The van der Waals surface area contributed by atoms with Gasteiger partial charge in [0.05, 0.1) is 16.8 Å². The molecule has 0 saturated heterocycles. The lowest BCUT2D eigenvalue weighted by molar-refractivity contribution is 0.0691. The lowest BCUT2D eigenvalue weighted by Gasteiger charge is -2.15. The number of fused-ring (bicyclic) bond motifs is 3. The number of carboxylic acid groups (broad SMARTS) is 1. The molecule has 1 aliphatic heterocycles. The maximum Gasteiger partial charge on any atom is 0.338 e. The average Bonchev–Trinajstić information content (AvgIpc) is 2.65. The number of hydrogen-bond donors (Lipinski definition) is 2. The van der Waals surface area contributed by atoms with Gasteiger partial charge in [-0.3, -0.25) is 4.79 Å². The summed E-state index contributed by atoms with van der Waals surface area (Å²) in [5.74, 6) is -1.99. The summed E-state index contributed by atoms with van der Waals surface area (Å²) < 4.78 is 13.8. The number of anilines is 1. The third kappa shape index (κ3) is 3.18. The third-order valence-corrected chi connectivity index (χ3v) is 4.52. The highest BCUT2D eigenvalue weighted by atomic mass is 19.1. The van der Waals surface area contributed by atoms with E-state index in [1.54, 1.807) is 13.0 Å². The zero-order valence-electron chi connectivity index (χ0n) is 14.9. The largest absolute Gasteiger partial charge is 0.478 e. The van der Waals surface area contributed by atoms with Crippen LogP contribution in [0.4, 0.5) is 15.8 Å². The number of hydrogen-bond acceptors (Lipinski definition) is 4. The first-order chi connectivity index (χ1) is 13.4. The number of amidine groups is 1. The molecule has 7 heteroatoms. The molecule has 0 bridgehead atoms. The maximum atomic E-state index is 13.8. The molecule has 0 aliphatic carbocycles. The van der Waals surface area contributed by atoms with E-state index in [1.165, 1.54) is 12.1 Å². The van der Waals surface area contributed by atoms with Crippen LogP contribution in [0.5, 0.6) is 0 Å². The Hall–Kier alpha value is -3.74. The summed E-state index contributed by atoms with van der Waals surface area (Å²) in [7, 11) is 0. The number of nitrogens with one attached hydrogen (secondary N) is 1. The van der Waals surface area contributed by atoms with Crippen LogP contribution < -0.4 is 10.6 Å². The second kappa shape index (κ2) is 6.77. The molecule has 0 fully saturated rings. The quantitative estimate of drug-likeness (QED) is 0.717. The van der Waals surface area contributed by atoms with Crippen molar-refractivity contribution in [1.82, 2.24) is 5.32 Å². The number of carbonyl (C=O) groups excluding carboxylic acids is 1. The molecule has 1 aliphatic rings. The highest BCUT2D eigenvalue weighted by Crippen LogP contribution is 2.31. The van der Waals surface area contributed by atoms with E-state index in [4.69, 9.17) is 5.11 Å². The van der Waals surface area contributed by atoms with E-state index >= 15 is 0 Å². The third-order valence-electron chi connectivity index (χ3n) is 4.52. The molecule has 3 aromatic carbocycles. The Morgan fingerprint density at radius 2 is 1.93 bits per heavy atom. The van der Waals surface area contributed by atoms with Crippen LogP contribution in [0.25, 0.3) is 10.8 Å². The number of carbonyl (C=O) groups is 2. The van der Waals surface area contributed by atoms with E-state index in [1.807, 2.05) is 24.3 Å². The number of nitrogens with zero attached hydrogens (tertiary/aromatic N) is 2. The number of rotatable bonds is 4. The van der Waals surface area contributed by atoms with Crippen molar-refractivity contribution in [3.05, 3.63) is 71.0 Å². The number of halogens is 1. The van der Waals surface area contributed by atoms with Gasteiger partial charge in [0.15, 0.2) is 0 Å². The highest BCUT2D eigenvalue weighted by Gasteiger charge is 2.21. The van der Waals surface area contributed by atoms with Crippen molar-refractivity contribution in [3.8, 4) is 0 Å². The van der Waals surface area contributed by atoms with Crippen LogP contribution in [0.3, 0.4) is 0 Å². The van der Waals surface area contributed by atoms with Crippen LogP contribution in [0.2, 0.25) is 0 Å². The predicted octanol–water partition coefficient (Wildman–Crippen LogP) is 4.10. The van der Waals surface area contributed by atoms with Crippen molar-refractivity contribution in [2.24, 2.45) is 4.99 Å². The molecular weight excluding hydrogens is 361 g/mol. The minimum absolute atomic E-state index is 0.315. The second-order valence-electron chi connectivity index (χ2n) is 6.44. The van der Waals surface area contributed by atoms with Crippen molar-refractivity contribution in [3.63, 3.8) is 0 Å². The van der Waals surface area contributed by atoms with Crippen LogP contribution in [0.1, 0.15) is 33.2 Å². The number of carboxylic acids is 1. The Kier molecular flexibility index (Phi) is 4.27. The zero-order chi connectivity index (χ0) is 19.8. The van der Waals surface area contributed by atoms with Crippen LogP contribution in [-0.2, 0) is 6.54 Å². The number of aromatic carboxylic acids is 1. The molecule has 6 nitrogen and oxygen atoms in total. The molecule has 3 aromatic rings. The van der Waals surface area contributed by atoms with Gasteiger partial charge in [-0.1, -0.05) is 18.2 Å². The molecular formula is C21H15FN3O3. The van der Waals surface area contributed by atoms with E-state index in [0.29, 0.717) is 29.3 Å². The lowest BCUT2D eigenvalue weighted by atomic mass is 9.98. The summed E-state index contributed by atoms with van der Waals surface area (Å²) in [4.78, 5) is 27.6. The fraction of sp³-hybridized carbons (Fsp3) is 0.0952. The van der Waals surface area contributed by atoms with Crippen molar-refractivity contribution >= 4 is 39.9 Å². The van der Waals surface area contributed by atoms with Crippen LogP contribution in [0, 0.1) is 5.82 Å². The average molecular weight is 376 g/mol. The molecule has 28 heavy (non-hydrogen) atoms. The minimum Gasteiger partial charge on any atom is -0.478 e. The maximum absolute atomic E-state index is 13.8. The highest BCUT2D eigenvalue weighted by molar-refractivity contribution is 6.18. The van der Waals surface area contributed by atoms with Crippen molar-refractivity contribution in [1.29, 1.82) is 0 Å². The Bertz CT molecular complexity index is 1170. The summed E-state index contributed by atoms with van der Waals surface area (Å²) in [5.41, 5.74) is 2.04. The normalized spacial score (nSPS) is 12.9. The van der Waals surface area contributed by atoms with Gasteiger partial charge < -0.3 is 10.4 Å². The summed E-state index contributed by atoms with van der Waals surface area (Å²) in [5, 5.41) is 17.6. The molecule has 1 radical (unpaired) electrons. The molecule has 0 unspecified atom stereocenters. The number of aliphatic imine (C=N–C) groups is 1. The topological polar surface area (TPSA) is 92.9 Å². The van der Waals surface area contributed by atoms with Gasteiger partial charge in [0, 0.05) is 12.2 Å². The van der Waals surface area contributed by atoms with E-state index in [0.717, 1.165) is 22.4 Å². The molecule has 0 aromatic heterocycles. The molecule has 139 valence electrons. The first-order valence-corrected chi connectivity index (χ1v) is 8.56. The molecule has 0 atom stereocenters. The number of amides is 1. The van der Waals surface area contributed by atoms with Crippen LogP contribution in [0.15, 0.2) is 53.5 Å². The van der Waals surface area contributed by atoms with Gasteiger partial charge in [0.2, 0.25) is 0 Å². The Balaban J connectivity index is 1.64. The summed E-state index contributed by atoms with van der Waals surface area (Å²) >= 11 is 0. The van der Waals surface area contributed by atoms with E-state index in [-0.39, 0.29) is 11.5 Å². The van der Waals surface area contributed by atoms with Gasteiger partial charge in [-0.15, -0.1) is 0 Å². The summed E-state index contributed by atoms with van der Waals surface area (Å²) in [6, 6.07) is 13.3. The van der Waals surface area contributed by atoms with Crippen molar-refractivity contribution in [2.45, 2.75) is 13.5 Å². The van der Waals surface area contributed by atoms with Gasteiger partial charge in [0.25, 0.3) is 5.91 Å². The van der Waals surface area contributed by atoms with E-state index < -0.39 is 11.8 Å². The molecule has 4 rings (SSSR count). The fourth-order valence-corrected chi connectivity index (χ4v) is 3.19. The van der Waals surface area contributed by atoms with Crippen molar-refractivity contribution in [2.75, 3.05) is 5.32 Å². The Morgan fingerprint density at radius 3 is 2.68 bits per heavy atom. The Labute approximate surface area is 159 Å².